The van der Waals surface area contributed by atoms with E-state index >= 15 is 0 Å². The fraction of sp³-hybridized carbons (Fsp3) is 0.619. The number of amides is 2. The van der Waals surface area contributed by atoms with Gasteiger partial charge in [0.25, 0.3) is 0 Å². The minimum Gasteiger partial charge on any atom is -0.353 e. The van der Waals surface area contributed by atoms with Crippen LogP contribution in [0.1, 0.15) is 50.2 Å². The molecular weight excluding hydrogens is 312 g/mol. The molecular formula is C21H30N2O2. The van der Waals surface area contributed by atoms with Crippen molar-refractivity contribution in [1.82, 2.24) is 10.2 Å². The molecule has 0 bridgehead atoms. The van der Waals surface area contributed by atoms with Crippen molar-refractivity contribution in [3.8, 4) is 0 Å². The van der Waals surface area contributed by atoms with E-state index in [0.717, 1.165) is 12.8 Å². The van der Waals surface area contributed by atoms with Crippen molar-refractivity contribution in [2.24, 2.45) is 11.8 Å². The number of hydrogen-bond acceptors (Lipinski definition) is 2. The Morgan fingerprint density at radius 2 is 1.92 bits per heavy atom. The van der Waals surface area contributed by atoms with E-state index in [1.165, 1.54) is 30.4 Å². The van der Waals surface area contributed by atoms with Gasteiger partial charge in [0.1, 0.15) is 0 Å². The van der Waals surface area contributed by atoms with Gasteiger partial charge >= 0.3 is 0 Å². The number of benzene rings is 1. The average Bonchev–Trinajstić information content (AvgIpc) is 2.97. The predicted molar refractivity (Wildman–Crippen MR) is 99.1 cm³/mol. The van der Waals surface area contributed by atoms with Crippen LogP contribution in [0.15, 0.2) is 24.3 Å². The Hall–Kier alpha value is -1.84. The molecule has 2 aliphatic rings. The molecule has 0 radical (unpaired) electrons. The second kappa shape index (κ2) is 8.03. The molecule has 0 aromatic heterocycles. The van der Waals surface area contributed by atoms with Gasteiger partial charge < -0.3 is 10.2 Å². The second-order valence-electron chi connectivity index (χ2n) is 7.85. The van der Waals surface area contributed by atoms with Crippen molar-refractivity contribution in [2.45, 2.75) is 58.4 Å². The van der Waals surface area contributed by atoms with Gasteiger partial charge in [-0.15, -0.1) is 0 Å². The maximum absolute atomic E-state index is 12.6. The zero-order valence-corrected chi connectivity index (χ0v) is 15.5. The van der Waals surface area contributed by atoms with Gasteiger partial charge in [-0.05, 0) is 37.7 Å². The van der Waals surface area contributed by atoms with Gasteiger partial charge in [0.15, 0.2) is 0 Å². The summed E-state index contributed by atoms with van der Waals surface area (Å²) in [6.07, 6.45) is 5.94. The van der Waals surface area contributed by atoms with Gasteiger partial charge in [-0.1, -0.05) is 49.6 Å². The van der Waals surface area contributed by atoms with Crippen molar-refractivity contribution >= 4 is 11.8 Å². The molecule has 1 aromatic rings. The number of nitrogens with zero attached hydrogens (tertiary/aromatic N) is 1. The van der Waals surface area contributed by atoms with Crippen molar-refractivity contribution in [3.63, 3.8) is 0 Å². The van der Waals surface area contributed by atoms with E-state index in [-0.39, 0.29) is 23.8 Å². The first-order chi connectivity index (χ1) is 12.0. The minimum absolute atomic E-state index is 0.0740. The Bertz CT molecular complexity index is 611. The lowest BCUT2D eigenvalue weighted by molar-refractivity contribution is -0.129. The summed E-state index contributed by atoms with van der Waals surface area (Å²) in [6, 6.07) is 8.72. The Labute approximate surface area is 151 Å². The van der Waals surface area contributed by atoms with Crippen LogP contribution in [-0.4, -0.2) is 35.8 Å². The highest BCUT2D eigenvalue weighted by atomic mass is 16.2. The molecule has 1 aliphatic carbocycles. The standard InChI is InChI=1S/C21H30N2O2/c1-15-7-9-17(10-8-15)11-12-23-14-18(13-20(23)24)21(25)22-19-6-4-3-5-16(19)2/h7-10,16,18-19H,3-6,11-14H2,1-2H3,(H,22,25)/t16-,18-,19+/m1/s1. The molecule has 136 valence electrons. The highest BCUT2D eigenvalue weighted by Gasteiger charge is 2.35. The summed E-state index contributed by atoms with van der Waals surface area (Å²) in [6.45, 7) is 5.56. The molecule has 3 rings (SSSR count). The molecule has 3 atom stereocenters. The number of rotatable bonds is 5. The summed E-state index contributed by atoms with van der Waals surface area (Å²) in [5.41, 5.74) is 2.48. The number of aryl methyl sites for hydroxylation is 1. The topological polar surface area (TPSA) is 49.4 Å². The largest absolute Gasteiger partial charge is 0.353 e. The maximum atomic E-state index is 12.6. The first-order valence-electron chi connectivity index (χ1n) is 9.66. The molecule has 25 heavy (non-hydrogen) atoms. The normalized spacial score (nSPS) is 26.7. The summed E-state index contributed by atoms with van der Waals surface area (Å²) < 4.78 is 0. The first-order valence-corrected chi connectivity index (χ1v) is 9.66. The first kappa shape index (κ1) is 18.0. The van der Waals surface area contributed by atoms with E-state index < -0.39 is 0 Å². The molecule has 4 nitrogen and oxygen atoms in total. The molecule has 2 amide bonds. The molecule has 0 spiro atoms. The summed E-state index contributed by atoms with van der Waals surface area (Å²) in [5, 5.41) is 3.21. The van der Waals surface area contributed by atoms with Crippen molar-refractivity contribution in [2.75, 3.05) is 13.1 Å². The molecule has 1 heterocycles. The lowest BCUT2D eigenvalue weighted by atomic mass is 9.85. The summed E-state index contributed by atoms with van der Waals surface area (Å²) in [5.74, 6) is 0.556. The van der Waals surface area contributed by atoms with Gasteiger partial charge in [-0.2, -0.15) is 0 Å². The number of carbonyl (C=O) groups is 2. The van der Waals surface area contributed by atoms with Crippen LogP contribution in [0.25, 0.3) is 0 Å². The van der Waals surface area contributed by atoms with E-state index in [4.69, 9.17) is 0 Å². The van der Waals surface area contributed by atoms with Crippen molar-refractivity contribution in [1.29, 1.82) is 0 Å². The molecule has 1 N–H and O–H groups in total. The smallest absolute Gasteiger partial charge is 0.225 e. The molecule has 1 aromatic carbocycles. The molecule has 1 saturated carbocycles. The van der Waals surface area contributed by atoms with Crippen molar-refractivity contribution in [3.05, 3.63) is 35.4 Å². The number of nitrogens with one attached hydrogen (secondary N) is 1. The van der Waals surface area contributed by atoms with Crippen LogP contribution in [0.2, 0.25) is 0 Å². The van der Waals surface area contributed by atoms with Crippen LogP contribution in [0.3, 0.4) is 0 Å². The predicted octanol–water partition coefficient (Wildman–Crippen LogP) is 3.08. The number of carbonyl (C=O) groups excluding carboxylic acids is 2. The fourth-order valence-electron chi connectivity index (χ4n) is 4.01. The van der Waals surface area contributed by atoms with Gasteiger partial charge in [-0.25, -0.2) is 0 Å². The van der Waals surface area contributed by atoms with Crippen molar-refractivity contribution < 1.29 is 9.59 Å². The Morgan fingerprint density at radius 3 is 2.64 bits per heavy atom. The molecule has 0 unspecified atom stereocenters. The minimum atomic E-state index is -0.181. The third kappa shape index (κ3) is 4.62. The van der Waals surface area contributed by atoms with Crippen LogP contribution in [0.4, 0.5) is 0 Å². The van der Waals surface area contributed by atoms with E-state index in [1.807, 2.05) is 4.90 Å². The monoisotopic (exact) mass is 342 g/mol. The summed E-state index contributed by atoms with van der Waals surface area (Å²) in [4.78, 5) is 26.7. The summed E-state index contributed by atoms with van der Waals surface area (Å²) >= 11 is 0. The van der Waals surface area contributed by atoms with E-state index in [1.54, 1.807) is 0 Å². The third-order valence-electron chi connectivity index (χ3n) is 5.82. The highest BCUT2D eigenvalue weighted by Crippen LogP contribution is 2.25. The Balaban J connectivity index is 1.49. The van der Waals surface area contributed by atoms with Crippen LogP contribution >= 0.6 is 0 Å². The Kier molecular flexibility index (Phi) is 5.77. The molecule has 2 fully saturated rings. The van der Waals surface area contributed by atoms with Crippen LogP contribution in [0.5, 0.6) is 0 Å². The fourth-order valence-corrected chi connectivity index (χ4v) is 4.01. The van der Waals surface area contributed by atoms with Gasteiger partial charge in [-0.3, -0.25) is 9.59 Å². The van der Waals surface area contributed by atoms with E-state index in [9.17, 15) is 9.59 Å². The second-order valence-corrected chi connectivity index (χ2v) is 7.85. The molecule has 1 aliphatic heterocycles. The van der Waals surface area contributed by atoms with Gasteiger partial charge in [0.05, 0.1) is 5.92 Å². The average molecular weight is 342 g/mol. The van der Waals surface area contributed by atoms with Crippen LogP contribution in [0, 0.1) is 18.8 Å². The summed E-state index contributed by atoms with van der Waals surface area (Å²) in [7, 11) is 0. The zero-order chi connectivity index (χ0) is 17.8. The van der Waals surface area contributed by atoms with E-state index in [2.05, 4.69) is 43.4 Å². The number of hydrogen-bond donors (Lipinski definition) is 1. The number of likely N-dealkylation sites (tertiary alicyclic amines) is 1. The van der Waals surface area contributed by atoms with Gasteiger partial charge in [0, 0.05) is 25.6 Å². The van der Waals surface area contributed by atoms with Crippen LogP contribution < -0.4 is 5.32 Å². The van der Waals surface area contributed by atoms with Crippen LogP contribution in [-0.2, 0) is 16.0 Å². The third-order valence-corrected chi connectivity index (χ3v) is 5.82. The Morgan fingerprint density at radius 1 is 1.20 bits per heavy atom. The molecule has 4 heteroatoms. The highest BCUT2D eigenvalue weighted by molar-refractivity contribution is 5.89. The molecule has 1 saturated heterocycles. The maximum Gasteiger partial charge on any atom is 0.225 e. The zero-order valence-electron chi connectivity index (χ0n) is 15.5. The van der Waals surface area contributed by atoms with E-state index in [0.29, 0.717) is 25.4 Å². The SMILES string of the molecule is Cc1ccc(CCN2C[C@H](C(=O)N[C@H]3CCCC[C@H]3C)CC2=O)cc1. The quantitative estimate of drug-likeness (QED) is 0.894. The van der Waals surface area contributed by atoms with Gasteiger partial charge in [0.2, 0.25) is 11.8 Å². The lowest BCUT2D eigenvalue weighted by Crippen LogP contribution is -2.44. The lowest BCUT2D eigenvalue weighted by Gasteiger charge is -2.30.